The molecule has 0 bridgehead atoms. The van der Waals surface area contributed by atoms with Crippen molar-refractivity contribution in [3.63, 3.8) is 0 Å². The highest BCUT2D eigenvalue weighted by atomic mass is 35.5. The molecule has 1 aromatic carbocycles. The Bertz CT molecular complexity index is 965. The van der Waals surface area contributed by atoms with Crippen molar-refractivity contribution < 1.29 is 4.74 Å². The fraction of sp³-hybridized carbons (Fsp3) is 0.455. The van der Waals surface area contributed by atoms with Gasteiger partial charge in [0.1, 0.15) is 0 Å². The van der Waals surface area contributed by atoms with Crippen molar-refractivity contribution in [1.29, 1.82) is 0 Å². The zero-order valence-electron chi connectivity index (χ0n) is 17.1. The molecule has 7 heteroatoms. The number of rotatable bonds is 7. The summed E-state index contributed by atoms with van der Waals surface area (Å²) in [5, 5.41) is 2.05. The number of nitrogens with one attached hydrogen (secondary N) is 1. The highest BCUT2D eigenvalue weighted by Gasteiger charge is 2.19. The number of aryl methyl sites for hydroxylation is 2. The Morgan fingerprint density at radius 2 is 1.93 bits per heavy atom. The summed E-state index contributed by atoms with van der Waals surface area (Å²) >= 11 is 6.15. The highest BCUT2D eigenvalue weighted by molar-refractivity contribution is 6.31. The van der Waals surface area contributed by atoms with Gasteiger partial charge in [0, 0.05) is 60.1 Å². The summed E-state index contributed by atoms with van der Waals surface area (Å²) in [6, 6.07) is 7.90. The van der Waals surface area contributed by atoms with E-state index in [1.165, 1.54) is 23.8 Å². The maximum atomic E-state index is 6.15. The molecule has 1 aliphatic heterocycles. The second-order valence-corrected chi connectivity index (χ2v) is 8.08. The Morgan fingerprint density at radius 1 is 1.10 bits per heavy atom. The monoisotopic (exact) mass is 413 g/mol. The summed E-state index contributed by atoms with van der Waals surface area (Å²) in [5.41, 5.74) is 3.46. The van der Waals surface area contributed by atoms with Crippen LogP contribution >= 0.6 is 11.6 Å². The van der Waals surface area contributed by atoms with Gasteiger partial charge in [-0.3, -0.25) is 4.90 Å². The van der Waals surface area contributed by atoms with Crippen LogP contribution in [-0.2, 0) is 6.42 Å². The number of hydrogen-bond donors (Lipinski definition) is 1. The predicted molar refractivity (Wildman–Crippen MR) is 118 cm³/mol. The fourth-order valence-corrected chi connectivity index (χ4v) is 4.12. The minimum atomic E-state index is 0.633. The predicted octanol–water partition coefficient (Wildman–Crippen LogP) is 4.07. The van der Waals surface area contributed by atoms with Crippen LogP contribution in [0.3, 0.4) is 0 Å². The van der Waals surface area contributed by atoms with Gasteiger partial charge in [0.25, 0.3) is 0 Å². The largest absolute Gasteiger partial charge is 0.481 e. The number of methoxy groups -OCH3 is 1. The lowest BCUT2D eigenvalue weighted by Gasteiger charge is -2.34. The zero-order valence-corrected chi connectivity index (χ0v) is 17.9. The number of benzene rings is 1. The van der Waals surface area contributed by atoms with Crippen LogP contribution in [0, 0.1) is 6.92 Å². The van der Waals surface area contributed by atoms with Crippen molar-refractivity contribution >= 4 is 28.5 Å². The number of hydrogen-bond acceptors (Lipinski definition) is 5. The van der Waals surface area contributed by atoms with Crippen LogP contribution in [0.2, 0.25) is 5.02 Å². The molecule has 0 spiro atoms. The topological polar surface area (TPSA) is 57.3 Å². The van der Waals surface area contributed by atoms with Crippen molar-refractivity contribution in [2.75, 3.05) is 44.7 Å². The van der Waals surface area contributed by atoms with E-state index in [2.05, 4.69) is 37.0 Å². The zero-order chi connectivity index (χ0) is 20.2. The SMILES string of the molecule is COc1cc(C)nc(N2CCN(CCCCc3c[nH]c4ccc(Cl)cc34)CC2)n1. The van der Waals surface area contributed by atoms with Gasteiger partial charge < -0.3 is 14.6 Å². The lowest BCUT2D eigenvalue weighted by Crippen LogP contribution is -2.47. The number of halogens is 1. The second kappa shape index (κ2) is 9.01. The molecule has 1 saturated heterocycles. The number of ether oxygens (including phenoxy) is 1. The Labute approximate surface area is 176 Å². The molecule has 0 atom stereocenters. The molecular formula is C22H28ClN5O. The third-order valence-corrected chi connectivity index (χ3v) is 5.82. The molecule has 4 rings (SSSR count). The standard InChI is InChI=1S/C22H28ClN5O/c1-16-13-21(29-2)26-22(25-16)28-11-9-27(10-12-28)8-4-3-5-17-15-24-20-7-6-18(23)14-19(17)20/h6-7,13-15,24H,3-5,8-12H2,1-2H3. The van der Waals surface area contributed by atoms with Gasteiger partial charge in [0.15, 0.2) is 0 Å². The van der Waals surface area contributed by atoms with E-state index in [9.17, 15) is 0 Å². The molecule has 1 fully saturated rings. The Balaban J connectivity index is 1.23. The molecule has 0 radical (unpaired) electrons. The number of H-pyrrole nitrogens is 1. The first-order chi connectivity index (χ1) is 14.1. The molecule has 1 aliphatic rings. The molecular weight excluding hydrogens is 386 g/mol. The van der Waals surface area contributed by atoms with Crippen LogP contribution in [0.4, 0.5) is 5.95 Å². The van der Waals surface area contributed by atoms with Gasteiger partial charge in [-0.1, -0.05) is 11.6 Å². The average molecular weight is 414 g/mol. The molecule has 1 N–H and O–H groups in total. The van der Waals surface area contributed by atoms with Crippen molar-refractivity contribution in [3.8, 4) is 5.88 Å². The van der Waals surface area contributed by atoms with Crippen molar-refractivity contribution in [1.82, 2.24) is 19.9 Å². The number of nitrogens with zero attached hydrogens (tertiary/aromatic N) is 4. The Kier molecular flexibility index (Phi) is 6.21. The van der Waals surface area contributed by atoms with Gasteiger partial charge in [0.05, 0.1) is 7.11 Å². The molecule has 0 unspecified atom stereocenters. The fourth-order valence-electron chi connectivity index (χ4n) is 3.95. The summed E-state index contributed by atoms with van der Waals surface area (Å²) in [5.74, 6) is 1.41. The maximum absolute atomic E-state index is 6.15. The van der Waals surface area contributed by atoms with Gasteiger partial charge in [-0.2, -0.15) is 4.98 Å². The molecule has 3 aromatic rings. The summed E-state index contributed by atoms with van der Waals surface area (Å²) < 4.78 is 5.28. The second-order valence-electron chi connectivity index (χ2n) is 7.64. The Morgan fingerprint density at radius 3 is 2.72 bits per heavy atom. The Hall–Kier alpha value is -2.31. The molecule has 6 nitrogen and oxygen atoms in total. The third-order valence-electron chi connectivity index (χ3n) is 5.58. The normalized spacial score (nSPS) is 15.2. The first-order valence-corrected chi connectivity index (χ1v) is 10.6. The van der Waals surface area contributed by atoms with Crippen molar-refractivity contribution in [2.45, 2.75) is 26.2 Å². The molecule has 0 saturated carbocycles. The van der Waals surface area contributed by atoms with Crippen LogP contribution in [0.15, 0.2) is 30.5 Å². The number of unbranched alkanes of at least 4 members (excludes halogenated alkanes) is 1. The first kappa shape index (κ1) is 20.0. The van der Waals surface area contributed by atoms with Gasteiger partial charge in [0.2, 0.25) is 11.8 Å². The van der Waals surface area contributed by atoms with Crippen molar-refractivity contribution in [3.05, 3.63) is 46.7 Å². The van der Waals surface area contributed by atoms with Crippen LogP contribution in [0.25, 0.3) is 10.9 Å². The van der Waals surface area contributed by atoms with Crippen LogP contribution in [0.5, 0.6) is 5.88 Å². The highest BCUT2D eigenvalue weighted by Crippen LogP contribution is 2.24. The number of anilines is 1. The summed E-state index contributed by atoms with van der Waals surface area (Å²) in [4.78, 5) is 17.2. The lowest BCUT2D eigenvalue weighted by molar-refractivity contribution is 0.251. The number of piperazine rings is 1. The van der Waals surface area contributed by atoms with Gasteiger partial charge in [-0.25, -0.2) is 4.98 Å². The molecule has 154 valence electrons. The quantitative estimate of drug-likeness (QED) is 0.591. The molecule has 3 heterocycles. The summed E-state index contributed by atoms with van der Waals surface area (Å²) in [6.45, 7) is 7.10. The summed E-state index contributed by atoms with van der Waals surface area (Å²) in [6.07, 6.45) is 5.58. The maximum Gasteiger partial charge on any atom is 0.228 e. The van der Waals surface area contributed by atoms with E-state index in [-0.39, 0.29) is 0 Å². The molecule has 2 aromatic heterocycles. The van der Waals surface area contributed by atoms with Gasteiger partial charge in [-0.15, -0.1) is 0 Å². The molecule has 0 amide bonds. The van der Waals surface area contributed by atoms with E-state index in [0.717, 1.165) is 61.3 Å². The van der Waals surface area contributed by atoms with E-state index in [1.54, 1.807) is 7.11 Å². The lowest BCUT2D eigenvalue weighted by atomic mass is 10.1. The van der Waals surface area contributed by atoms with Crippen LogP contribution < -0.4 is 9.64 Å². The molecule has 29 heavy (non-hydrogen) atoms. The molecule has 0 aliphatic carbocycles. The number of aromatic nitrogens is 3. The minimum Gasteiger partial charge on any atom is -0.481 e. The van der Waals surface area contributed by atoms with E-state index in [4.69, 9.17) is 16.3 Å². The van der Waals surface area contributed by atoms with Crippen molar-refractivity contribution in [2.24, 2.45) is 0 Å². The minimum absolute atomic E-state index is 0.633. The van der Waals surface area contributed by atoms with Gasteiger partial charge in [-0.05, 0) is 56.5 Å². The smallest absolute Gasteiger partial charge is 0.228 e. The van der Waals surface area contributed by atoms with Gasteiger partial charge >= 0.3 is 0 Å². The van der Waals surface area contributed by atoms with E-state index < -0.39 is 0 Å². The summed E-state index contributed by atoms with van der Waals surface area (Å²) in [7, 11) is 1.65. The van der Waals surface area contributed by atoms with E-state index in [0.29, 0.717) is 5.88 Å². The van der Waals surface area contributed by atoms with Crippen LogP contribution in [-0.4, -0.2) is 59.7 Å². The third kappa shape index (κ3) is 4.82. The number of fused-ring (bicyclic) bond motifs is 1. The van der Waals surface area contributed by atoms with Crippen LogP contribution in [0.1, 0.15) is 24.1 Å². The average Bonchev–Trinajstić information content (AvgIpc) is 3.13. The van der Waals surface area contributed by atoms with E-state index >= 15 is 0 Å². The first-order valence-electron chi connectivity index (χ1n) is 10.2. The van der Waals surface area contributed by atoms with E-state index in [1.807, 2.05) is 25.1 Å². The number of aromatic amines is 1.